The van der Waals surface area contributed by atoms with E-state index in [-0.39, 0.29) is 11.8 Å². The van der Waals surface area contributed by atoms with Crippen LogP contribution >= 0.6 is 0 Å². The van der Waals surface area contributed by atoms with Crippen molar-refractivity contribution in [3.8, 4) is 0 Å². The van der Waals surface area contributed by atoms with Gasteiger partial charge in [-0.2, -0.15) is 0 Å². The summed E-state index contributed by atoms with van der Waals surface area (Å²) in [6.07, 6.45) is 10.3. The van der Waals surface area contributed by atoms with E-state index in [0.29, 0.717) is 42.6 Å². The molecule has 0 heterocycles. The molecule has 0 saturated heterocycles. The third kappa shape index (κ3) is 5.07. The number of aliphatic hydroxyl groups excluding tert-OH is 2. The van der Waals surface area contributed by atoms with E-state index in [0.717, 1.165) is 44.1 Å². The van der Waals surface area contributed by atoms with Crippen molar-refractivity contribution in [3.63, 3.8) is 0 Å². The van der Waals surface area contributed by atoms with Gasteiger partial charge in [0.2, 0.25) is 0 Å². The molecular formula is C27H44O2. The van der Waals surface area contributed by atoms with Crippen LogP contribution in [0.4, 0.5) is 0 Å². The molecule has 0 aromatic heterocycles. The van der Waals surface area contributed by atoms with Gasteiger partial charge in [-0.05, 0) is 78.7 Å². The number of rotatable bonds is 6. The highest BCUT2D eigenvalue weighted by Gasteiger charge is 2.50. The first-order valence-electron chi connectivity index (χ1n) is 15.0. The minimum Gasteiger partial charge on any atom is -0.393 e. The lowest BCUT2D eigenvalue weighted by molar-refractivity contribution is 0.0861. The third-order valence-corrected chi connectivity index (χ3v) is 8.08. The van der Waals surface area contributed by atoms with Crippen LogP contribution in [-0.2, 0) is 0 Å². The van der Waals surface area contributed by atoms with Crippen LogP contribution in [0.15, 0.2) is 35.5 Å². The molecule has 2 nitrogen and oxygen atoms in total. The van der Waals surface area contributed by atoms with Crippen LogP contribution in [0.25, 0.3) is 0 Å². The molecule has 29 heavy (non-hydrogen) atoms. The van der Waals surface area contributed by atoms with Crippen LogP contribution in [-0.4, -0.2) is 22.4 Å². The van der Waals surface area contributed by atoms with E-state index in [1.54, 1.807) is 0 Å². The van der Waals surface area contributed by atoms with Crippen molar-refractivity contribution in [1.29, 1.82) is 0 Å². The molecule has 6 atom stereocenters. The Kier molecular flexibility index (Phi) is 4.93. The molecular weight excluding hydrogens is 356 g/mol. The number of hydrogen-bond donors (Lipinski definition) is 2. The summed E-state index contributed by atoms with van der Waals surface area (Å²) in [5.74, 6) is -1.19. The predicted octanol–water partition coefficient (Wildman–Crippen LogP) is 6.59. The Morgan fingerprint density at radius 2 is 2.07 bits per heavy atom. The SMILES string of the molecule is [2H]C([2H])([2H])C([2H])(CCC[C@@H](C)[C@H]1CC[C@H]2/C(=C/C=C3/C[C@@H](O)C[C@H](O)C3=C)CCC[C@]12C)C([2H])([2H])[2H]. The zero-order valence-corrected chi connectivity index (χ0v) is 18.2. The second-order valence-corrected chi connectivity index (χ2v) is 10.0. The van der Waals surface area contributed by atoms with Crippen LogP contribution in [0.1, 0.15) is 101 Å². The Morgan fingerprint density at radius 3 is 2.83 bits per heavy atom. The standard InChI is InChI=1S/C27H44O2/c1-18(2)8-6-9-19(3)24-13-14-25-21(10-7-15-27(24,25)5)11-12-22-16-23(28)17-26(29)20(22)4/h11-12,18-19,23-26,28-29H,4,6-10,13-17H2,1-3,5H3/b21-11+,22-12-/t19-,23-,24-,25+,26+,27-/m1/s1/i1D3,2D3,18D. The third-order valence-electron chi connectivity index (χ3n) is 8.08. The molecule has 0 aromatic carbocycles. The second kappa shape index (κ2) is 9.52. The molecule has 2 N–H and O–H groups in total. The van der Waals surface area contributed by atoms with Gasteiger partial charge in [0.25, 0.3) is 0 Å². The molecule has 0 aliphatic heterocycles. The van der Waals surface area contributed by atoms with Crippen molar-refractivity contribution in [1.82, 2.24) is 0 Å². The van der Waals surface area contributed by atoms with Crippen molar-refractivity contribution in [2.45, 2.75) is 104 Å². The molecule has 3 rings (SSSR count). The minimum atomic E-state index is -2.85. The average molecular weight is 408 g/mol. The van der Waals surface area contributed by atoms with E-state index in [2.05, 4.69) is 26.5 Å². The van der Waals surface area contributed by atoms with Gasteiger partial charge in [-0.25, -0.2) is 0 Å². The lowest BCUT2D eigenvalue weighted by Gasteiger charge is -2.44. The van der Waals surface area contributed by atoms with Crippen LogP contribution < -0.4 is 0 Å². The highest BCUT2D eigenvalue weighted by Crippen LogP contribution is 2.59. The van der Waals surface area contributed by atoms with Gasteiger partial charge in [-0.1, -0.05) is 71.1 Å². The first-order valence-corrected chi connectivity index (χ1v) is 11.5. The highest BCUT2D eigenvalue weighted by atomic mass is 16.3. The maximum atomic E-state index is 10.2. The highest BCUT2D eigenvalue weighted by molar-refractivity contribution is 5.38. The molecule has 3 saturated carbocycles. The van der Waals surface area contributed by atoms with Crippen molar-refractivity contribution in [2.75, 3.05) is 0 Å². The molecule has 0 unspecified atom stereocenters. The fourth-order valence-corrected chi connectivity index (χ4v) is 6.48. The van der Waals surface area contributed by atoms with Crippen molar-refractivity contribution in [3.05, 3.63) is 35.5 Å². The van der Waals surface area contributed by atoms with E-state index in [9.17, 15) is 10.2 Å². The van der Waals surface area contributed by atoms with Gasteiger partial charge in [0, 0.05) is 16.0 Å². The summed E-state index contributed by atoms with van der Waals surface area (Å²) < 4.78 is 54.2. The molecule has 3 aliphatic rings. The van der Waals surface area contributed by atoms with Gasteiger partial charge in [0.1, 0.15) is 0 Å². The van der Waals surface area contributed by atoms with Gasteiger partial charge in [0.15, 0.2) is 0 Å². The molecule has 3 fully saturated rings. The number of hydrogen-bond acceptors (Lipinski definition) is 2. The van der Waals surface area contributed by atoms with Gasteiger partial charge < -0.3 is 10.2 Å². The van der Waals surface area contributed by atoms with Gasteiger partial charge in [0.05, 0.1) is 12.2 Å². The quantitative estimate of drug-likeness (QED) is 0.521. The molecule has 3 aliphatic carbocycles. The van der Waals surface area contributed by atoms with Crippen molar-refractivity contribution < 1.29 is 19.8 Å². The zero-order valence-electron chi connectivity index (χ0n) is 25.2. The molecule has 0 aromatic rings. The Labute approximate surface area is 189 Å². The largest absolute Gasteiger partial charge is 0.393 e. The topological polar surface area (TPSA) is 40.5 Å². The number of aliphatic hydroxyl groups is 2. The fraction of sp³-hybridized carbons (Fsp3) is 0.778. The van der Waals surface area contributed by atoms with Gasteiger partial charge in [-0.3, -0.25) is 0 Å². The smallest absolute Gasteiger partial charge is 0.0811 e. The summed E-state index contributed by atoms with van der Waals surface area (Å²) >= 11 is 0. The van der Waals surface area contributed by atoms with E-state index < -0.39 is 31.8 Å². The Morgan fingerprint density at radius 1 is 1.28 bits per heavy atom. The molecule has 0 spiro atoms. The van der Waals surface area contributed by atoms with E-state index >= 15 is 0 Å². The first-order chi connectivity index (χ1) is 16.5. The number of allylic oxidation sites excluding steroid dienone is 3. The summed E-state index contributed by atoms with van der Waals surface area (Å²) in [5.41, 5.74) is 3.18. The van der Waals surface area contributed by atoms with Gasteiger partial charge in [-0.15, -0.1) is 0 Å². The lowest BCUT2D eigenvalue weighted by atomic mass is 9.60. The maximum absolute atomic E-state index is 10.2. The maximum Gasteiger partial charge on any atom is 0.0811 e. The monoisotopic (exact) mass is 407 g/mol. The molecule has 164 valence electrons. The summed E-state index contributed by atoms with van der Waals surface area (Å²) in [4.78, 5) is 0. The molecule has 0 amide bonds. The lowest BCUT2D eigenvalue weighted by Crippen LogP contribution is -2.36. The molecule has 2 heteroatoms. The van der Waals surface area contributed by atoms with Crippen molar-refractivity contribution in [2.24, 2.45) is 29.1 Å². The molecule has 0 radical (unpaired) electrons. The Hall–Kier alpha value is -0.860. The van der Waals surface area contributed by atoms with Crippen molar-refractivity contribution >= 4 is 0 Å². The Bertz CT molecular complexity index is 858. The van der Waals surface area contributed by atoms with Crippen LogP contribution in [0, 0.1) is 29.1 Å². The Balaban J connectivity index is 1.69. The zero-order chi connectivity index (χ0) is 27.1. The summed E-state index contributed by atoms with van der Waals surface area (Å²) in [7, 11) is 0. The minimum absolute atomic E-state index is 0.136. The molecule has 0 bridgehead atoms. The summed E-state index contributed by atoms with van der Waals surface area (Å²) in [5, 5.41) is 20.2. The second-order valence-electron chi connectivity index (χ2n) is 10.0. The summed E-state index contributed by atoms with van der Waals surface area (Å²) in [6.45, 7) is 2.90. The van der Waals surface area contributed by atoms with Crippen LogP contribution in [0.3, 0.4) is 0 Å². The normalized spacial score (nSPS) is 44.1. The predicted molar refractivity (Wildman–Crippen MR) is 123 cm³/mol. The van der Waals surface area contributed by atoms with E-state index in [4.69, 9.17) is 9.60 Å². The van der Waals surface area contributed by atoms with E-state index in [1.807, 2.05) is 6.08 Å². The fourth-order valence-electron chi connectivity index (χ4n) is 6.48. The van der Waals surface area contributed by atoms with Gasteiger partial charge >= 0.3 is 0 Å². The average Bonchev–Trinajstić information content (AvgIpc) is 3.11. The van der Waals surface area contributed by atoms with E-state index in [1.165, 1.54) is 5.57 Å². The summed E-state index contributed by atoms with van der Waals surface area (Å²) in [6, 6.07) is 0. The first kappa shape index (κ1) is 15.0. The number of fused-ring (bicyclic) bond motifs is 1. The van der Waals surface area contributed by atoms with Crippen LogP contribution in [0.2, 0.25) is 0 Å². The van der Waals surface area contributed by atoms with Crippen LogP contribution in [0.5, 0.6) is 0 Å².